The van der Waals surface area contributed by atoms with E-state index in [2.05, 4.69) is 43.2 Å². The van der Waals surface area contributed by atoms with Crippen LogP contribution in [0.15, 0.2) is 24.3 Å². The molecule has 2 rings (SSSR count). The van der Waals surface area contributed by atoms with Crippen molar-refractivity contribution >= 4 is 32.5 Å². The van der Waals surface area contributed by atoms with Crippen LogP contribution < -0.4 is 4.90 Å². The molecule has 5 heteroatoms. The lowest BCUT2D eigenvalue weighted by molar-refractivity contribution is 0.201. The molecule has 0 aliphatic rings. The van der Waals surface area contributed by atoms with Crippen LogP contribution in [0, 0.1) is 6.92 Å². The first-order valence-corrected chi connectivity index (χ1v) is 7.11. The SMILES string of the molecule is COCC(Br)CN(C)c1nnc(C)c2ccccc12. The molecule has 0 aliphatic heterocycles. The van der Waals surface area contributed by atoms with E-state index < -0.39 is 0 Å². The summed E-state index contributed by atoms with van der Waals surface area (Å²) in [6, 6.07) is 8.22. The van der Waals surface area contributed by atoms with E-state index in [1.165, 1.54) is 0 Å². The minimum atomic E-state index is 0.268. The fourth-order valence-electron chi connectivity index (χ4n) is 2.12. The van der Waals surface area contributed by atoms with Crippen LogP contribution >= 0.6 is 15.9 Å². The molecule has 1 aromatic carbocycles. The molecule has 1 aromatic heterocycles. The van der Waals surface area contributed by atoms with Crippen LogP contribution in [0.25, 0.3) is 10.8 Å². The molecule has 1 atom stereocenters. The summed E-state index contributed by atoms with van der Waals surface area (Å²) in [6.45, 7) is 3.47. The molecule has 0 N–H and O–H groups in total. The van der Waals surface area contributed by atoms with Crippen molar-refractivity contribution in [3.8, 4) is 0 Å². The molecule has 0 radical (unpaired) electrons. The van der Waals surface area contributed by atoms with Gasteiger partial charge in [0, 0.05) is 31.5 Å². The van der Waals surface area contributed by atoms with Crippen molar-refractivity contribution in [2.24, 2.45) is 0 Å². The van der Waals surface area contributed by atoms with Gasteiger partial charge in [-0.05, 0) is 6.92 Å². The first kappa shape index (κ1) is 14.2. The summed E-state index contributed by atoms with van der Waals surface area (Å²) >= 11 is 3.60. The first-order valence-electron chi connectivity index (χ1n) is 6.19. The Bertz CT molecular complexity index is 561. The van der Waals surface area contributed by atoms with E-state index in [0.29, 0.717) is 6.61 Å². The highest BCUT2D eigenvalue weighted by atomic mass is 79.9. The van der Waals surface area contributed by atoms with Gasteiger partial charge in [0.15, 0.2) is 5.82 Å². The molecular formula is C14H18BrN3O. The van der Waals surface area contributed by atoms with Gasteiger partial charge in [-0.1, -0.05) is 40.2 Å². The maximum absolute atomic E-state index is 5.14. The number of alkyl halides is 1. The highest BCUT2D eigenvalue weighted by Crippen LogP contribution is 2.25. The largest absolute Gasteiger partial charge is 0.383 e. The molecule has 0 amide bonds. The zero-order chi connectivity index (χ0) is 13.8. The van der Waals surface area contributed by atoms with Crippen LogP contribution in [-0.2, 0) is 4.74 Å². The highest BCUT2D eigenvalue weighted by Gasteiger charge is 2.13. The third-order valence-corrected chi connectivity index (χ3v) is 3.59. The van der Waals surface area contributed by atoms with Crippen molar-refractivity contribution in [3.63, 3.8) is 0 Å². The minimum Gasteiger partial charge on any atom is -0.383 e. The van der Waals surface area contributed by atoms with Crippen molar-refractivity contribution in [1.82, 2.24) is 10.2 Å². The topological polar surface area (TPSA) is 38.2 Å². The summed E-state index contributed by atoms with van der Waals surface area (Å²) in [5.74, 6) is 0.904. The Balaban J connectivity index is 2.32. The average molecular weight is 324 g/mol. The number of aromatic nitrogens is 2. The van der Waals surface area contributed by atoms with Crippen molar-refractivity contribution in [2.45, 2.75) is 11.8 Å². The normalized spacial score (nSPS) is 12.6. The lowest BCUT2D eigenvalue weighted by Gasteiger charge is -2.22. The predicted molar refractivity (Wildman–Crippen MR) is 82.1 cm³/mol. The van der Waals surface area contributed by atoms with Gasteiger partial charge in [-0.15, -0.1) is 5.10 Å². The average Bonchev–Trinajstić information content (AvgIpc) is 2.39. The number of nitrogens with zero attached hydrogens (tertiary/aromatic N) is 3. The third kappa shape index (κ3) is 3.22. The molecule has 0 aliphatic carbocycles. The van der Waals surface area contributed by atoms with Crippen molar-refractivity contribution in [1.29, 1.82) is 0 Å². The highest BCUT2D eigenvalue weighted by molar-refractivity contribution is 9.09. The number of methoxy groups -OCH3 is 1. The Hall–Kier alpha value is -1.20. The van der Waals surface area contributed by atoms with Gasteiger partial charge in [-0.3, -0.25) is 0 Å². The molecule has 19 heavy (non-hydrogen) atoms. The molecule has 0 bridgehead atoms. The number of ether oxygens (including phenoxy) is 1. The maximum Gasteiger partial charge on any atom is 0.158 e. The summed E-state index contributed by atoms with van der Waals surface area (Å²) < 4.78 is 5.14. The molecule has 0 saturated heterocycles. The minimum absolute atomic E-state index is 0.268. The predicted octanol–water partition coefficient (Wildman–Crippen LogP) is 2.78. The molecule has 1 unspecified atom stereocenters. The Morgan fingerprint density at radius 2 is 1.95 bits per heavy atom. The van der Waals surface area contributed by atoms with Gasteiger partial charge < -0.3 is 9.64 Å². The number of fused-ring (bicyclic) bond motifs is 1. The molecule has 1 heterocycles. The van der Waals surface area contributed by atoms with Crippen molar-refractivity contribution in [2.75, 3.05) is 32.2 Å². The molecule has 0 spiro atoms. The number of aryl methyl sites for hydroxylation is 1. The number of benzene rings is 1. The van der Waals surface area contributed by atoms with Crippen molar-refractivity contribution in [3.05, 3.63) is 30.0 Å². The van der Waals surface area contributed by atoms with Gasteiger partial charge in [0.2, 0.25) is 0 Å². The number of hydrogen-bond donors (Lipinski definition) is 0. The van der Waals surface area contributed by atoms with Gasteiger partial charge >= 0.3 is 0 Å². The molecule has 4 nitrogen and oxygen atoms in total. The van der Waals surface area contributed by atoms with Gasteiger partial charge in [-0.25, -0.2) is 0 Å². The number of anilines is 1. The van der Waals surface area contributed by atoms with Gasteiger partial charge in [-0.2, -0.15) is 5.10 Å². The molecular weight excluding hydrogens is 306 g/mol. The fourth-order valence-corrected chi connectivity index (χ4v) is 2.82. The standard InChI is InChI=1S/C14H18BrN3O/c1-10-12-6-4-5-7-13(12)14(17-16-10)18(2)8-11(15)9-19-3/h4-7,11H,8-9H2,1-3H3. The second-order valence-corrected chi connectivity index (χ2v) is 5.88. The second kappa shape index (κ2) is 6.30. The lowest BCUT2D eigenvalue weighted by atomic mass is 10.1. The molecule has 2 aromatic rings. The second-order valence-electron chi connectivity index (χ2n) is 4.59. The Kier molecular flexibility index (Phi) is 4.71. The van der Waals surface area contributed by atoms with Gasteiger partial charge in [0.05, 0.1) is 17.1 Å². The smallest absolute Gasteiger partial charge is 0.158 e. The lowest BCUT2D eigenvalue weighted by Crippen LogP contribution is -2.29. The van der Waals surface area contributed by atoms with E-state index in [1.807, 2.05) is 26.1 Å². The monoisotopic (exact) mass is 323 g/mol. The Morgan fingerprint density at radius 1 is 1.26 bits per heavy atom. The first-order chi connectivity index (χ1) is 9.13. The van der Waals surface area contributed by atoms with E-state index in [0.717, 1.165) is 28.8 Å². The summed E-state index contributed by atoms with van der Waals surface area (Å²) in [5.41, 5.74) is 0.958. The Morgan fingerprint density at radius 3 is 2.63 bits per heavy atom. The summed E-state index contributed by atoms with van der Waals surface area (Å²) in [5, 5.41) is 10.9. The zero-order valence-electron chi connectivity index (χ0n) is 11.4. The summed E-state index contributed by atoms with van der Waals surface area (Å²) in [4.78, 5) is 2.37. The zero-order valence-corrected chi connectivity index (χ0v) is 13.0. The van der Waals surface area contributed by atoms with E-state index in [4.69, 9.17) is 4.74 Å². The van der Waals surface area contributed by atoms with Crippen LogP contribution in [0.2, 0.25) is 0 Å². The number of rotatable bonds is 5. The van der Waals surface area contributed by atoms with Crippen LogP contribution in [0.3, 0.4) is 0 Å². The fraction of sp³-hybridized carbons (Fsp3) is 0.429. The summed E-state index contributed by atoms with van der Waals surface area (Å²) in [6.07, 6.45) is 0. The molecule has 102 valence electrons. The van der Waals surface area contributed by atoms with E-state index >= 15 is 0 Å². The van der Waals surface area contributed by atoms with Crippen LogP contribution in [0.5, 0.6) is 0 Å². The van der Waals surface area contributed by atoms with Crippen LogP contribution in [0.1, 0.15) is 5.69 Å². The van der Waals surface area contributed by atoms with E-state index in [9.17, 15) is 0 Å². The Labute approximate surface area is 121 Å². The summed E-state index contributed by atoms with van der Waals surface area (Å²) in [7, 11) is 3.73. The molecule has 0 fully saturated rings. The van der Waals surface area contributed by atoms with Crippen LogP contribution in [-0.4, -0.2) is 42.3 Å². The van der Waals surface area contributed by atoms with Gasteiger partial charge in [0.25, 0.3) is 0 Å². The van der Waals surface area contributed by atoms with Gasteiger partial charge in [0.1, 0.15) is 0 Å². The van der Waals surface area contributed by atoms with Crippen LogP contribution in [0.4, 0.5) is 5.82 Å². The van der Waals surface area contributed by atoms with Crippen molar-refractivity contribution < 1.29 is 4.74 Å². The molecule has 0 saturated carbocycles. The van der Waals surface area contributed by atoms with E-state index in [-0.39, 0.29) is 4.83 Å². The number of halogens is 1. The van der Waals surface area contributed by atoms with E-state index in [1.54, 1.807) is 7.11 Å². The quantitative estimate of drug-likeness (QED) is 0.793. The number of hydrogen-bond acceptors (Lipinski definition) is 4. The maximum atomic E-state index is 5.14. The third-order valence-electron chi connectivity index (χ3n) is 3.03.